The number of carbonyl (C=O) groups excluding carboxylic acids is 1. The monoisotopic (exact) mass is 480 g/mol. The van der Waals surface area contributed by atoms with Crippen LogP contribution in [0.2, 0.25) is 0 Å². The zero-order valence-corrected chi connectivity index (χ0v) is 19.0. The molecule has 150 valence electrons. The van der Waals surface area contributed by atoms with E-state index in [1.54, 1.807) is 7.05 Å². The first-order valence-corrected chi connectivity index (χ1v) is 8.63. The van der Waals surface area contributed by atoms with Crippen LogP contribution in [-0.4, -0.2) is 54.1 Å². The Labute approximate surface area is 173 Å². The van der Waals surface area contributed by atoms with E-state index in [-0.39, 0.29) is 24.0 Å². The van der Waals surface area contributed by atoms with Crippen LogP contribution in [0.5, 0.6) is 0 Å². The van der Waals surface area contributed by atoms with Gasteiger partial charge in [0, 0.05) is 38.9 Å². The van der Waals surface area contributed by atoms with Crippen LogP contribution in [0, 0.1) is 13.8 Å². The molecule has 1 heterocycles. The van der Waals surface area contributed by atoms with E-state index in [0.29, 0.717) is 19.0 Å². The topological polar surface area (TPSA) is 92.6 Å². The predicted octanol–water partition coefficient (Wildman–Crippen LogP) is 2.20. The van der Waals surface area contributed by atoms with Crippen molar-refractivity contribution in [1.29, 1.82) is 0 Å². The largest absolute Gasteiger partial charge is 0.444 e. The number of aromatic nitrogens is 2. The second-order valence-corrected chi connectivity index (χ2v) is 6.86. The second-order valence-electron chi connectivity index (χ2n) is 6.86. The normalized spacial score (nSPS) is 11.5. The fourth-order valence-corrected chi connectivity index (χ4v) is 2.22. The Morgan fingerprint density at radius 1 is 1.19 bits per heavy atom. The molecule has 26 heavy (non-hydrogen) atoms. The van der Waals surface area contributed by atoms with E-state index in [4.69, 9.17) is 4.74 Å². The van der Waals surface area contributed by atoms with Crippen LogP contribution in [-0.2, 0) is 11.3 Å². The summed E-state index contributed by atoms with van der Waals surface area (Å²) < 4.78 is 7.18. The number of hydrogen-bond acceptors (Lipinski definition) is 4. The van der Waals surface area contributed by atoms with Gasteiger partial charge < -0.3 is 20.7 Å². The van der Waals surface area contributed by atoms with Crippen molar-refractivity contribution in [3.63, 3.8) is 0 Å². The van der Waals surface area contributed by atoms with Crippen molar-refractivity contribution in [3.8, 4) is 0 Å². The number of guanidine groups is 1. The zero-order chi connectivity index (χ0) is 18.9. The number of carbonyl (C=O) groups is 1. The van der Waals surface area contributed by atoms with Crippen LogP contribution in [0.25, 0.3) is 0 Å². The van der Waals surface area contributed by atoms with Crippen molar-refractivity contribution in [2.24, 2.45) is 4.99 Å². The van der Waals surface area contributed by atoms with E-state index in [1.807, 2.05) is 32.4 Å². The number of ether oxygens (including phenoxy) is 1. The SMILES string of the molecule is CN=C(NCCCn1nc(C)cc1C)NCCNC(=O)OC(C)(C)C.I. The quantitative estimate of drug-likeness (QED) is 0.241. The van der Waals surface area contributed by atoms with Gasteiger partial charge in [0.2, 0.25) is 0 Å². The van der Waals surface area contributed by atoms with E-state index in [2.05, 4.69) is 39.0 Å². The minimum atomic E-state index is -0.486. The van der Waals surface area contributed by atoms with Crippen molar-refractivity contribution in [1.82, 2.24) is 25.7 Å². The number of amides is 1. The average Bonchev–Trinajstić information content (AvgIpc) is 2.81. The molecule has 1 amide bonds. The van der Waals surface area contributed by atoms with Crippen LogP contribution in [0.3, 0.4) is 0 Å². The predicted molar refractivity (Wildman–Crippen MR) is 115 cm³/mol. The number of hydrogen-bond donors (Lipinski definition) is 3. The van der Waals surface area contributed by atoms with Gasteiger partial charge in [0.05, 0.1) is 5.69 Å². The van der Waals surface area contributed by atoms with Crippen LogP contribution >= 0.6 is 24.0 Å². The lowest BCUT2D eigenvalue weighted by molar-refractivity contribution is 0.0529. The van der Waals surface area contributed by atoms with Gasteiger partial charge in [-0.15, -0.1) is 24.0 Å². The van der Waals surface area contributed by atoms with Crippen molar-refractivity contribution >= 4 is 36.0 Å². The van der Waals surface area contributed by atoms with Crippen LogP contribution in [0.4, 0.5) is 4.79 Å². The van der Waals surface area contributed by atoms with Crippen LogP contribution in [0.15, 0.2) is 11.1 Å². The molecule has 0 aliphatic rings. The van der Waals surface area contributed by atoms with Gasteiger partial charge in [-0.3, -0.25) is 9.67 Å². The number of aryl methyl sites for hydroxylation is 3. The van der Waals surface area contributed by atoms with Gasteiger partial charge in [-0.05, 0) is 47.1 Å². The van der Waals surface area contributed by atoms with Gasteiger partial charge in [0.1, 0.15) is 5.60 Å². The first-order chi connectivity index (χ1) is 11.7. The number of halogens is 1. The molecule has 0 spiro atoms. The molecule has 0 unspecified atom stereocenters. The minimum absolute atomic E-state index is 0. The summed E-state index contributed by atoms with van der Waals surface area (Å²) in [5.41, 5.74) is 1.73. The maximum absolute atomic E-state index is 11.5. The third-order valence-electron chi connectivity index (χ3n) is 3.25. The lowest BCUT2D eigenvalue weighted by Gasteiger charge is -2.19. The van der Waals surface area contributed by atoms with Crippen LogP contribution < -0.4 is 16.0 Å². The third kappa shape index (κ3) is 10.5. The lowest BCUT2D eigenvalue weighted by Crippen LogP contribution is -2.42. The number of rotatable bonds is 7. The molecule has 3 N–H and O–H groups in total. The molecule has 1 aromatic heterocycles. The Bertz CT molecular complexity index is 580. The molecule has 9 heteroatoms. The molecule has 0 aliphatic heterocycles. The number of nitrogens with one attached hydrogen (secondary N) is 3. The first kappa shape index (κ1) is 24.5. The van der Waals surface area contributed by atoms with E-state index in [0.717, 1.165) is 25.2 Å². The standard InChI is InChI=1S/C17H32N6O2.HI/c1-13-12-14(2)23(22-13)11-7-8-19-15(18-6)20-9-10-21-16(24)25-17(3,4)5;/h12H,7-11H2,1-6H3,(H,21,24)(H2,18,19,20);1H. The van der Waals surface area contributed by atoms with Crippen molar-refractivity contribution in [2.45, 2.75) is 53.2 Å². The van der Waals surface area contributed by atoms with Gasteiger partial charge in [0.25, 0.3) is 0 Å². The first-order valence-electron chi connectivity index (χ1n) is 8.63. The van der Waals surface area contributed by atoms with E-state index < -0.39 is 11.7 Å². The van der Waals surface area contributed by atoms with E-state index in [1.165, 1.54) is 5.69 Å². The summed E-state index contributed by atoms with van der Waals surface area (Å²) in [6, 6.07) is 2.07. The highest BCUT2D eigenvalue weighted by Crippen LogP contribution is 2.06. The summed E-state index contributed by atoms with van der Waals surface area (Å²) in [5.74, 6) is 0.708. The fourth-order valence-electron chi connectivity index (χ4n) is 2.22. The minimum Gasteiger partial charge on any atom is -0.444 e. The van der Waals surface area contributed by atoms with Gasteiger partial charge in [-0.1, -0.05) is 0 Å². The Hall–Kier alpha value is -1.52. The number of aliphatic imine (C=N–C) groups is 1. The van der Waals surface area contributed by atoms with Crippen molar-refractivity contribution < 1.29 is 9.53 Å². The van der Waals surface area contributed by atoms with Crippen molar-refractivity contribution in [3.05, 3.63) is 17.5 Å². The molecule has 8 nitrogen and oxygen atoms in total. The maximum Gasteiger partial charge on any atom is 0.407 e. The maximum atomic E-state index is 11.5. The smallest absolute Gasteiger partial charge is 0.407 e. The summed E-state index contributed by atoms with van der Waals surface area (Å²) in [6.07, 6.45) is 0.529. The van der Waals surface area contributed by atoms with Crippen LogP contribution in [0.1, 0.15) is 38.6 Å². The third-order valence-corrected chi connectivity index (χ3v) is 3.25. The summed E-state index contributed by atoms with van der Waals surface area (Å²) in [4.78, 5) is 15.7. The summed E-state index contributed by atoms with van der Waals surface area (Å²) in [5, 5.41) is 13.5. The molecule has 1 rings (SSSR count). The number of alkyl carbamates (subject to hydrolysis) is 1. The van der Waals surface area contributed by atoms with Crippen molar-refractivity contribution in [2.75, 3.05) is 26.7 Å². The number of nitrogens with zero attached hydrogens (tertiary/aromatic N) is 3. The molecule has 0 radical (unpaired) electrons. The molecule has 0 bridgehead atoms. The highest BCUT2D eigenvalue weighted by atomic mass is 127. The van der Waals surface area contributed by atoms with Gasteiger partial charge in [-0.25, -0.2) is 4.79 Å². The van der Waals surface area contributed by atoms with Gasteiger partial charge >= 0.3 is 6.09 Å². The second kappa shape index (κ2) is 12.0. The fraction of sp³-hybridized carbons (Fsp3) is 0.706. The Balaban J connectivity index is 0.00000625. The summed E-state index contributed by atoms with van der Waals surface area (Å²) >= 11 is 0. The van der Waals surface area contributed by atoms with E-state index in [9.17, 15) is 4.79 Å². The molecule has 0 saturated carbocycles. The Morgan fingerprint density at radius 2 is 1.81 bits per heavy atom. The molecule has 0 saturated heterocycles. The molecular formula is C17H33IN6O2. The zero-order valence-electron chi connectivity index (χ0n) is 16.7. The highest BCUT2D eigenvalue weighted by Gasteiger charge is 2.15. The van der Waals surface area contributed by atoms with E-state index >= 15 is 0 Å². The Kier molecular flexibility index (Phi) is 11.3. The molecule has 1 aromatic rings. The molecule has 0 aromatic carbocycles. The molecule has 0 atom stereocenters. The Morgan fingerprint density at radius 3 is 2.35 bits per heavy atom. The highest BCUT2D eigenvalue weighted by molar-refractivity contribution is 14.0. The summed E-state index contributed by atoms with van der Waals surface area (Å²) in [6.45, 7) is 12.2. The van der Waals surface area contributed by atoms with Gasteiger partial charge in [-0.2, -0.15) is 5.10 Å². The van der Waals surface area contributed by atoms with Gasteiger partial charge in [0.15, 0.2) is 5.96 Å². The molecule has 0 aliphatic carbocycles. The molecule has 0 fully saturated rings. The average molecular weight is 480 g/mol. The summed E-state index contributed by atoms with van der Waals surface area (Å²) in [7, 11) is 1.72. The molecular weight excluding hydrogens is 447 g/mol. The lowest BCUT2D eigenvalue weighted by atomic mass is 10.2.